The zero-order chi connectivity index (χ0) is 8.23. The van der Waals surface area contributed by atoms with Gasteiger partial charge in [0.2, 0.25) is 0 Å². The normalized spacial score (nSPS) is 32.2. The van der Waals surface area contributed by atoms with Gasteiger partial charge in [0.25, 0.3) is 0 Å². The van der Waals surface area contributed by atoms with Crippen molar-refractivity contribution in [1.82, 2.24) is 0 Å². The molecule has 68 valence electrons. The van der Waals surface area contributed by atoms with Gasteiger partial charge in [-0.1, -0.05) is 31.4 Å². The lowest BCUT2D eigenvalue weighted by Crippen LogP contribution is -2.26. The molecule has 0 spiro atoms. The van der Waals surface area contributed by atoms with Gasteiger partial charge in [-0.05, 0) is 25.2 Å². The third-order valence-corrected chi connectivity index (χ3v) is 3.04. The Bertz CT molecular complexity index is 156. The molecule has 0 aromatic carbocycles. The molecule has 1 unspecified atom stereocenters. The zero-order valence-corrected chi connectivity index (χ0v) is 7.67. The standard InChI is InChI=1S/C11H18O/c1-2-6-10(7-3-1)11-8-4-5-9-12-11/h4,8,10-11H,1-3,5-7,9H2. The minimum absolute atomic E-state index is 0.457. The van der Waals surface area contributed by atoms with Crippen LogP contribution < -0.4 is 0 Å². The summed E-state index contributed by atoms with van der Waals surface area (Å²) in [5.74, 6) is 0.829. The second-order valence-electron chi connectivity index (χ2n) is 3.95. The molecular weight excluding hydrogens is 148 g/mol. The summed E-state index contributed by atoms with van der Waals surface area (Å²) in [7, 11) is 0. The van der Waals surface area contributed by atoms with E-state index >= 15 is 0 Å². The molecule has 0 amide bonds. The third-order valence-electron chi connectivity index (χ3n) is 3.04. The number of hydrogen-bond acceptors (Lipinski definition) is 1. The van der Waals surface area contributed by atoms with Gasteiger partial charge in [-0.3, -0.25) is 0 Å². The summed E-state index contributed by atoms with van der Waals surface area (Å²) in [6, 6.07) is 0. The van der Waals surface area contributed by atoms with Crippen LogP contribution in [0.25, 0.3) is 0 Å². The summed E-state index contributed by atoms with van der Waals surface area (Å²) in [4.78, 5) is 0. The highest BCUT2D eigenvalue weighted by atomic mass is 16.5. The zero-order valence-electron chi connectivity index (χ0n) is 7.67. The first-order valence-corrected chi connectivity index (χ1v) is 5.25. The maximum absolute atomic E-state index is 5.73. The van der Waals surface area contributed by atoms with E-state index in [9.17, 15) is 0 Å². The van der Waals surface area contributed by atoms with Crippen LogP contribution in [0.5, 0.6) is 0 Å². The average Bonchev–Trinajstić information content (AvgIpc) is 2.21. The van der Waals surface area contributed by atoms with Crippen LogP contribution in [0.15, 0.2) is 12.2 Å². The molecule has 1 atom stereocenters. The van der Waals surface area contributed by atoms with Crippen LogP contribution in [0.1, 0.15) is 38.5 Å². The highest BCUT2D eigenvalue weighted by Crippen LogP contribution is 2.29. The van der Waals surface area contributed by atoms with Crippen molar-refractivity contribution >= 4 is 0 Å². The fraction of sp³-hybridized carbons (Fsp3) is 0.818. The Morgan fingerprint density at radius 3 is 2.58 bits per heavy atom. The first-order valence-electron chi connectivity index (χ1n) is 5.25. The first-order chi connectivity index (χ1) is 5.97. The van der Waals surface area contributed by atoms with Gasteiger partial charge in [0.1, 0.15) is 0 Å². The number of rotatable bonds is 1. The molecule has 1 heteroatoms. The van der Waals surface area contributed by atoms with E-state index < -0.39 is 0 Å². The lowest BCUT2D eigenvalue weighted by atomic mass is 9.84. The summed E-state index contributed by atoms with van der Waals surface area (Å²) in [5, 5.41) is 0. The molecule has 1 heterocycles. The van der Waals surface area contributed by atoms with Gasteiger partial charge in [0.15, 0.2) is 0 Å². The maximum Gasteiger partial charge on any atom is 0.0784 e. The molecule has 0 N–H and O–H groups in total. The first kappa shape index (κ1) is 8.31. The van der Waals surface area contributed by atoms with Crippen LogP contribution in [0, 0.1) is 5.92 Å². The lowest BCUT2D eigenvalue weighted by Gasteiger charge is -2.29. The molecule has 0 bridgehead atoms. The lowest BCUT2D eigenvalue weighted by molar-refractivity contribution is 0.0271. The van der Waals surface area contributed by atoms with E-state index in [0.717, 1.165) is 18.9 Å². The average molecular weight is 166 g/mol. The van der Waals surface area contributed by atoms with Crippen molar-refractivity contribution in [3.8, 4) is 0 Å². The number of hydrogen-bond donors (Lipinski definition) is 0. The van der Waals surface area contributed by atoms with E-state index in [1.807, 2.05) is 0 Å². The number of ether oxygens (including phenoxy) is 1. The van der Waals surface area contributed by atoms with Crippen molar-refractivity contribution in [2.45, 2.75) is 44.6 Å². The Morgan fingerprint density at radius 1 is 1.08 bits per heavy atom. The van der Waals surface area contributed by atoms with Crippen LogP contribution in [0.2, 0.25) is 0 Å². The fourth-order valence-electron chi connectivity index (χ4n) is 2.31. The topological polar surface area (TPSA) is 9.23 Å². The molecule has 2 rings (SSSR count). The predicted molar refractivity (Wildman–Crippen MR) is 50.1 cm³/mol. The molecular formula is C11H18O. The van der Waals surface area contributed by atoms with Crippen LogP contribution in [0.3, 0.4) is 0 Å². The molecule has 1 aliphatic heterocycles. The molecule has 0 aromatic rings. The minimum Gasteiger partial charge on any atom is -0.374 e. The highest BCUT2D eigenvalue weighted by molar-refractivity contribution is 4.96. The Hall–Kier alpha value is -0.300. The second kappa shape index (κ2) is 4.08. The van der Waals surface area contributed by atoms with Crippen LogP contribution in [-0.2, 0) is 4.74 Å². The second-order valence-corrected chi connectivity index (χ2v) is 3.95. The fourth-order valence-corrected chi connectivity index (χ4v) is 2.31. The Morgan fingerprint density at radius 2 is 1.92 bits per heavy atom. The van der Waals surface area contributed by atoms with E-state index in [2.05, 4.69) is 12.2 Å². The van der Waals surface area contributed by atoms with Gasteiger partial charge in [0, 0.05) is 0 Å². The molecule has 1 aliphatic carbocycles. The van der Waals surface area contributed by atoms with Gasteiger partial charge >= 0.3 is 0 Å². The molecule has 1 saturated carbocycles. The predicted octanol–water partition coefficient (Wildman–Crippen LogP) is 2.91. The van der Waals surface area contributed by atoms with E-state index in [1.165, 1.54) is 32.1 Å². The van der Waals surface area contributed by atoms with Crippen molar-refractivity contribution < 1.29 is 4.74 Å². The van der Waals surface area contributed by atoms with Crippen molar-refractivity contribution in [3.05, 3.63) is 12.2 Å². The molecule has 2 aliphatic rings. The van der Waals surface area contributed by atoms with Crippen molar-refractivity contribution in [1.29, 1.82) is 0 Å². The minimum atomic E-state index is 0.457. The summed E-state index contributed by atoms with van der Waals surface area (Å²) in [5.41, 5.74) is 0. The summed E-state index contributed by atoms with van der Waals surface area (Å²) >= 11 is 0. The molecule has 0 aromatic heterocycles. The summed E-state index contributed by atoms with van der Waals surface area (Å²) < 4.78 is 5.73. The molecule has 0 saturated heterocycles. The highest BCUT2D eigenvalue weighted by Gasteiger charge is 2.22. The van der Waals surface area contributed by atoms with Gasteiger partial charge in [0.05, 0.1) is 12.7 Å². The maximum atomic E-state index is 5.73. The Balaban J connectivity index is 1.88. The monoisotopic (exact) mass is 166 g/mol. The van der Waals surface area contributed by atoms with Gasteiger partial charge in [-0.2, -0.15) is 0 Å². The van der Waals surface area contributed by atoms with Crippen molar-refractivity contribution in [2.24, 2.45) is 5.92 Å². The molecule has 1 nitrogen and oxygen atoms in total. The smallest absolute Gasteiger partial charge is 0.0784 e. The summed E-state index contributed by atoms with van der Waals surface area (Å²) in [6.07, 6.45) is 13.2. The van der Waals surface area contributed by atoms with Gasteiger partial charge < -0.3 is 4.74 Å². The van der Waals surface area contributed by atoms with Crippen molar-refractivity contribution in [3.63, 3.8) is 0 Å². The molecule has 0 radical (unpaired) electrons. The van der Waals surface area contributed by atoms with Gasteiger partial charge in [-0.25, -0.2) is 0 Å². The van der Waals surface area contributed by atoms with Crippen LogP contribution >= 0.6 is 0 Å². The Labute approximate surface area is 74.8 Å². The van der Waals surface area contributed by atoms with Crippen molar-refractivity contribution in [2.75, 3.05) is 6.61 Å². The van der Waals surface area contributed by atoms with E-state index in [1.54, 1.807) is 0 Å². The Kier molecular flexibility index (Phi) is 2.83. The van der Waals surface area contributed by atoms with E-state index in [-0.39, 0.29) is 0 Å². The molecule has 12 heavy (non-hydrogen) atoms. The largest absolute Gasteiger partial charge is 0.374 e. The van der Waals surface area contributed by atoms with Gasteiger partial charge in [-0.15, -0.1) is 0 Å². The van der Waals surface area contributed by atoms with E-state index in [0.29, 0.717) is 6.10 Å². The van der Waals surface area contributed by atoms with Crippen LogP contribution in [-0.4, -0.2) is 12.7 Å². The third kappa shape index (κ3) is 1.89. The SMILES string of the molecule is C1=CC(C2CCCCC2)OCC1. The quantitative estimate of drug-likeness (QED) is 0.544. The summed E-state index contributed by atoms with van der Waals surface area (Å²) in [6.45, 7) is 0.942. The van der Waals surface area contributed by atoms with Crippen LogP contribution in [0.4, 0.5) is 0 Å². The molecule has 1 fully saturated rings. The van der Waals surface area contributed by atoms with E-state index in [4.69, 9.17) is 4.74 Å².